The highest BCUT2D eigenvalue weighted by atomic mass is 127. The van der Waals surface area contributed by atoms with Gasteiger partial charge in [0.15, 0.2) is 28.6 Å². The first-order valence-corrected chi connectivity index (χ1v) is 22.7. The molecule has 5 heteroatoms. The van der Waals surface area contributed by atoms with Crippen LogP contribution in [0.1, 0.15) is 22.3 Å². The second kappa shape index (κ2) is 17.0. The van der Waals surface area contributed by atoms with Gasteiger partial charge in [-0.15, -0.1) is 0 Å². The molecule has 0 fully saturated rings. The molecule has 57 heavy (non-hydrogen) atoms. The summed E-state index contributed by atoms with van der Waals surface area (Å²) in [5.74, 6) is 0.907. The van der Waals surface area contributed by atoms with Crippen molar-refractivity contribution in [2.75, 3.05) is 0 Å². The average molecular weight is 889 g/mol. The Balaban J connectivity index is 0.000000148. The van der Waals surface area contributed by atoms with Gasteiger partial charge in [-0.05, 0) is 143 Å². The largest absolute Gasteiger partial charge is 0.489 e. The molecule has 0 radical (unpaired) electrons. The van der Waals surface area contributed by atoms with E-state index in [2.05, 4.69) is 212 Å². The van der Waals surface area contributed by atoms with Gasteiger partial charge in [0.2, 0.25) is 0 Å². The number of thiophene rings is 2. The van der Waals surface area contributed by atoms with Gasteiger partial charge >= 0.3 is 0 Å². The highest BCUT2D eigenvalue weighted by molar-refractivity contribution is 14.1. The Morgan fingerprint density at radius 2 is 0.737 bits per heavy atom. The Labute approximate surface area is 353 Å². The van der Waals surface area contributed by atoms with Crippen LogP contribution in [0.3, 0.4) is 0 Å². The maximum atomic E-state index is 5.93. The summed E-state index contributed by atoms with van der Waals surface area (Å²) in [6, 6.07) is 69.7. The van der Waals surface area contributed by atoms with Gasteiger partial charge in [-0.25, -0.2) is 0 Å². The normalized spacial score (nSPS) is 11.3. The lowest BCUT2D eigenvalue weighted by Crippen LogP contribution is -1.94. The van der Waals surface area contributed by atoms with Crippen LogP contribution < -0.4 is 4.74 Å². The summed E-state index contributed by atoms with van der Waals surface area (Å²) in [7, 11) is -0.0604. The van der Waals surface area contributed by atoms with E-state index in [1.54, 1.807) is 0 Å². The fourth-order valence-electron chi connectivity index (χ4n) is 7.33. The molecule has 10 aromatic rings. The van der Waals surface area contributed by atoms with E-state index in [0.29, 0.717) is 19.8 Å². The molecule has 0 spiro atoms. The molecule has 0 amide bonds. The van der Waals surface area contributed by atoms with Crippen LogP contribution in [0.15, 0.2) is 194 Å². The Morgan fingerprint density at radius 1 is 0.386 bits per heavy atom. The maximum Gasteiger partial charge on any atom is 0.187 e. The van der Waals surface area contributed by atoms with Gasteiger partial charge in [0.25, 0.3) is 0 Å². The molecule has 2 nitrogen and oxygen atoms in total. The lowest BCUT2D eigenvalue weighted by Gasteiger charge is -2.06. The molecule has 0 unspecified atom stereocenters. The lowest BCUT2D eigenvalue weighted by molar-refractivity contribution is 0.107. The Morgan fingerprint density at radius 3 is 1.14 bits per heavy atom. The Bertz CT molecular complexity index is 2820. The van der Waals surface area contributed by atoms with E-state index in [9.17, 15) is 0 Å². The van der Waals surface area contributed by atoms with Crippen LogP contribution in [-0.4, -0.2) is 0 Å². The highest BCUT2D eigenvalue weighted by Gasteiger charge is 2.24. The summed E-state index contributed by atoms with van der Waals surface area (Å²) in [4.78, 5) is 2.72. The number of hydrogen-bond acceptors (Lipinski definition) is 2. The van der Waals surface area contributed by atoms with E-state index in [4.69, 9.17) is 9.47 Å². The topological polar surface area (TPSA) is 18.5 Å². The van der Waals surface area contributed by atoms with Crippen molar-refractivity contribution in [2.45, 2.75) is 26.7 Å². The summed E-state index contributed by atoms with van der Waals surface area (Å²) in [6.07, 6.45) is 0. The molecule has 0 aliphatic rings. The molecular weight excluding hydrogens is 848 g/mol. The van der Waals surface area contributed by atoms with Gasteiger partial charge in [0, 0.05) is 46.1 Å². The van der Waals surface area contributed by atoms with Crippen molar-refractivity contribution < 1.29 is 9.47 Å². The van der Waals surface area contributed by atoms with Crippen molar-refractivity contribution in [1.82, 2.24) is 0 Å². The van der Waals surface area contributed by atoms with Crippen molar-refractivity contribution >= 4 is 83.9 Å². The van der Waals surface area contributed by atoms with Crippen LogP contribution in [0.5, 0.6) is 5.75 Å². The van der Waals surface area contributed by atoms with Crippen molar-refractivity contribution in [3.8, 4) is 15.5 Å². The number of hydrogen-bond donors (Lipinski definition) is 0. The third-order valence-corrected chi connectivity index (χ3v) is 15.6. The van der Waals surface area contributed by atoms with Gasteiger partial charge in [0.05, 0.1) is 13.2 Å². The van der Waals surface area contributed by atoms with Gasteiger partial charge in [-0.1, -0.05) is 103 Å². The van der Waals surface area contributed by atoms with Crippen LogP contribution in [0, 0.1) is 10.5 Å². The molecule has 0 atom stereocenters. The van der Waals surface area contributed by atoms with Crippen LogP contribution in [0.2, 0.25) is 0 Å². The van der Waals surface area contributed by atoms with E-state index in [0.717, 1.165) is 5.75 Å². The SMILES string of the molecule is Cc1ccc(COCc2ccc(-[s+]3c4ccccc4c4ccccc43)cc2)cc1.Ic1ccc(OCc2ccc(-[s+]3c4ccccc4c4ccccc43)cc2)cc1. The van der Waals surface area contributed by atoms with Crippen molar-refractivity contribution in [1.29, 1.82) is 0 Å². The van der Waals surface area contributed by atoms with Crippen molar-refractivity contribution in [2.24, 2.45) is 0 Å². The van der Waals surface area contributed by atoms with Gasteiger partial charge in [0.1, 0.15) is 12.4 Å². The van der Waals surface area contributed by atoms with Gasteiger partial charge < -0.3 is 9.47 Å². The second-order valence-corrected chi connectivity index (χ2v) is 19.3. The van der Waals surface area contributed by atoms with Crippen LogP contribution in [-0.2, 0) is 24.6 Å². The number of aryl methyl sites for hydroxylation is 1. The molecular formula is C52H41IO2S2+2. The molecule has 0 aliphatic carbocycles. The van der Waals surface area contributed by atoms with Crippen molar-refractivity contribution in [3.05, 3.63) is 220 Å². The third-order valence-electron chi connectivity index (χ3n) is 10.2. The van der Waals surface area contributed by atoms with Crippen LogP contribution >= 0.6 is 43.5 Å². The molecule has 0 saturated heterocycles. The van der Waals surface area contributed by atoms with E-state index in [1.165, 1.54) is 76.0 Å². The molecule has 0 saturated carbocycles. The number of fused-ring (bicyclic) bond motifs is 6. The van der Waals surface area contributed by atoms with Crippen molar-refractivity contribution in [3.63, 3.8) is 0 Å². The fraction of sp³-hybridized carbons (Fsp3) is 0.0769. The summed E-state index contributed by atoms with van der Waals surface area (Å²) in [5.41, 5.74) is 4.89. The van der Waals surface area contributed by atoms with Gasteiger partial charge in [-0.2, -0.15) is 0 Å². The first-order valence-electron chi connectivity index (χ1n) is 19.1. The predicted octanol–water partition coefficient (Wildman–Crippen LogP) is 15.7. The molecule has 2 heterocycles. The van der Waals surface area contributed by atoms with E-state index >= 15 is 0 Å². The first kappa shape index (κ1) is 37.3. The third kappa shape index (κ3) is 8.12. The molecule has 278 valence electrons. The maximum absolute atomic E-state index is 5.93. The summed E-state index contributed by atoms with van der Waals surface area (Å²) >= 11 is 2.30. The number of halogens is 1. The summed E-state index contributed by atoms with van der Waals surface area (Å²) in [5, 5.41) is 5.48. The van der Waals surface area contributed by atoms with E-state index in [-0.39, 0.29) is 20.9 Å². The van der Waals surface area contributed by atoms with Crippen LogP contribution in [0.25, 0.3) is 50.1 Å². The Hall–Kier alpha value is -5.31. The quantitative estimate of drug-likeness (QED) is 0.106. The summed E-state index contributed by atoms with van der Waals surface area (Å²) < 4.78 is 18.8. The zero-order valence-corrected chi connectivity index (χ0v) is 35.4. The monoisotopic (exact) mass is 888 g/mol. The zero-order valence-electron chi connectivity index (χ0n) is 31.6. The van der Waals surface area contributed by atoms with E-state index in [1.807, 2.05) is 12.1 Å². The molecule has 8 aromatic carbocycles. The number of benzene rings is 8. The fourth-order valence-corrected chi connectivity index (χ4v) is 12.4. The molecule has 0 N–H and O–H groups in total. The van der Waals surface area contributed by atoms with E-state index < -0.39 is 0 Å². The first-order chi connectivity index (χ1) is 28.1. The van der Waals surface area contributed by atoms with Gasteiger partial charge in [-0.3, -0.25) is 0 Å². The second-order valence-electron chi connectivity index (χ2n) is 14.1. The Kier molecular flexibility index (Phi) is 11.1. The molecule has 2 aromatic heterocycles. The number of ether oxygens (including phenoxy) is 2. The molecule has 0 bridgehead atoms. The standard InChI is InChI=1S/C27H23OS.C25H18IOS/c1-20-10-12-21(13-11-20)18-28-19-22-14-16-23(17-15-22)29-26-8-4-2-6-24(26)25-7-3-5-9-27(25)29;26-19-11-13-20(14-12-19)27-17-18-9-15-21(16-10-18)28-24-7-3-1-5-22(24)23-6-2-4-8-25(23)28/h2-17H,18-19H2,1H3;1-16H,17H2/q2*+1. The minimum atomic E-state index is -0.0330. The minimum Gasteiger partial charge on any atom is -0.489 e. The predicted molar refractivity (Wildman–Crippen MR) is 254 cm³/mol. The average Bonchev–Trinajstić information content (AvgIpc) is 3.78. The molecule has 10 rings (SSSR count). The molecule has 0 aliphatic heterocycles. The summed E-state index contributed by atoms with van der Waals surface area (Å²) in [6.45, 7) is 3.97. The lowest BCUT2D eigenvalue weighted by atomic mass is 10.2. The number of rotatable bonds is 9. The minimum absolute atomic E-state index is 0.0274. The smallest absolute Gasteiger partial charge is 0.187 e. The zero-order chi connectivity index (χ0) is 38.6. The highest BCUT2D eigenvalue weighted by Crippen LogP contribution is 2.49. The van der Waals surface area contributed by atoms with Crippen LogP contribution in [0.4, 0.5) is 0 Å².